The monoisotopic (exact) mass is 273 g/mol. The fourth-order valence-corrected chi connectivity index (χ4v) is 3.55. The first-order valence-corrected chi connectivity index (χ1v) is 7.53. The standard InChI is InChI=1S/C16H19NOS/c1-12-8-9-19-15(12)14-10-17-16(2,11-18-14)13-6-4-3-5-7-13/h3-9,14,17H,10-11H2,1-2H3. The van der Waals surface area contributed by atoms with Crippen LogP contribution in [0.25, 0.3) is 0 Å². The maximum atomic E-state index is 6.12. The fraction of sp³-hybridized carbons (Fsp3) is 0.375. The molecule has 1 aromatic heterocycles. The molecule has 0 spiro atoms. The van der Waals surface area contributed by atoms with Gasteiger partial charge in [-0.05, 0) is 36.4 Å². The molecule has 0 amide bonds. The van der Waals surface area contributed by atoms with Crippen LogP contribution >= 0.6 is 11.3 Å². The molecule has 2 aromatic rings. The van der Waals surface area contributed by atoms with Crippen LogP contribution in [0.15, 0.2) is 41.8 Å². The van der Waals surface area contributed by atoms with E-state index in [0.29, 0.717) is 6.61 Å². The molecule has 2 nitrogen and oxygen atoms in total. The van der Waals surface area contributed by atoms with Crippen molar-refractivity contribution >= 4 is 11.3 Å². The minimum Gasteiger partial charge on any atom is -0.369 e. The van der Waals surface area contributed by atoms with Crippen molar-refractivity contribution in [1.29, 1.82) is 0 Å². The van der Waals surface area contributed by atoms with Crippen molar-refractivity contribution in [1.82, 2.24) is 5.32 Å². The Kier molecular flexibility index (Phi) is 3.44. The number of hydrogen-bond donors (Lipinski definition) is 1. The summed E-state index contributed by atoms with van der Waals surface area (Å²) in [5.74, 6) is 0. The van der Waals surface area contributed by atoms with Crippen LogP contribution in [0.4, 0.5) is 0 Å². The molecule has 0 aliphatic carbocycles. The van der Waals surface area contributed by atoms with E-state index in [1.54, 1.807) is 11.3 Å². The summed E-state index contributed by atoms with van der Waals surface area (Å²) >= 11 is 1.79. The van der Waals surface area contributed by atoms with Gasteiger partial charge in [0, 0.05) is 11.4 Å². The Labute approximate surface area is 118 Å². The second kappa shape index (κ2) is 5.08. The number of hydrogen-bond acceptors (Lipinski definition) is 3. The van der Waals surface area contributed by atoms with Crippen LogP contribution in [0, 0.1) is 6.92 Å². The minimum atomic E-state index is -0.0804. The smallest absolute Gasteiger partial charge is 0.104 e. The van der Waals surface area contributed by atoms with Gasteiger partial charge >= 0.3 is 0 Å². The van der Waals surface area contributed by atoms with Gasteiger partial charge < -0.3 is 10.1 Å². The zero-order chi connectivity index (χ0) is 13.3. The van der Waals surface area contributed by atoms with Gasteiger partial charge in [0.25, 0.3) is 0 Å². The van der Waals surface area contributed by atoms with Crippen LogP contribution in [-0.2, 0) is 10.3 Å². The first kappa shape index (κ1) is 12.9. The Morgan fingerprint density at radius 2 is 2.05 bits per heavy atom. The van der Waals surface area contributed by atoms with Crippen molar-refractivity contribution in [3.8, 4) is 0 Å². The maximum absolute atomic E-state index is 6.12. The minimum absolute atomic E-state index is 0.0804. The van der Waals surface area contributed by atoms with E-state index in [9.17, 15) is 0 Å². The van der Waals surface area contributed by atoms with Gasteiger partial charge in [-0.15, -0.1) is 11.3 Å². The van der Waals surface area contributed by atoms with E-state index in [0.717, 1.165) is 6.54 Å². The van der Waals surface area contributed by atoms with Gasteiger partial charge in [0.2, 0.25) is 0 Å². The largest absolute Gasteiger partial charge is 0.369 e. The highest BCUT2D eigenvalue weighted by atomic mass is 32.1. The Hall–Kier alpha value is -1.16. The van der Waals surface area contributed by atoms with E-state index >= 15 is 0 Å². The van der Waals surface area contributed by atoms with Crippen molar-refractivity contribution in [3.63, 3.8) is 0 Å². The molecule has 1 saturated heterocycles. The molecule has 2 atom stereocenters. The Bertz CT molecular complexity index is 541. The molecular formula is C16H19NOS. The lowest BCUT2D eigenvalue weighted by molar-refractivity contribution is -0.0293. The number of morpholine rings is 1. The second-order valence-electron chi connectivity index (χ2n) is 5.35. The molecule has 0 bridgehead atoms. The lowest BCUT2D eigenvalue weighted by Gasteiger charge is -2.39. The third-order valence-corrected chi connectivity index (χ3v) is 4.97. The summed E-state index contributed by atoms with van der Waals surface area (Å²) in [7, 11) is 0. The van der Waals surface area contributed by atoms with Gasteiger partial charge in [-0.25, -0.2) is 0 Å². The molecule has 100 valence electrons. The summed E-state index contributed by atoms with van der Waals surface area (Å²) in [4.78, 5) is 1.35. The second-order valence-corrected chi connectivity index (χ2v) is 6.29. The molecule has 1 fully saturated rings. The van der Waals surface area contributed by atoms with Crippen molar-refractivity contribution in [2.45, 2.75) is 25.5 Å². The fourth-order valence-electron chi connectivity index (χ4n) is 2.57. The number of nitrogens with one attached hydrogen (secondary N) is 1. The van der Waals surface area contributed by atoms with Gasteiger partial charge in [0.1, 0.15) is 6.10 Å². The summed E-state index contributed by atoms with van der Waals surface area (Å²) in [6, 6.07) is 12.7. The molecule has 1 aliphatic rings. The normalized spacial score (nSPS) is 27.4. The van der Waals surface area contributed by atoms with E-state index in [2.05, 4.69) is 54.9 Å². The molecule has 2 heterocycles. The van der Waals surface area contributed by atoms with E-state index < -0.39 is 0 Å². The van der Waals surface area contributed by atoms with Crippen LogP contribution in [0.5, 0.6) is 0 Å². The average molecular weight is 273 g/mol. The lowest BCUT2D eigenvalue weighted by Crippen LogP contribution is -2.50. The van der Waals surface area contributed by atoms with E-state index in [4.69, 9.17) is 4.74 Å². The predicted molar refractivity (Wildman–Crippen MR) is 79.5 cm³/mol. The molecule has 0 radical (unpaired) electrons. The predicted octanol–water partition coefficient (Wildman–Crippen LogP) is 3.63. The van der Waals surface area contributed by atoms with Gasteiger partial charge in [0.15, 0.2) is 0 Å². The topological polar surface area (TPSA) is 21.3 Å². The maximum Gasteiger partial charge on any atom is 0.104 e. The Morgan fingerprint density at radius 1 is 1.26 bits per heavy atom. The highest BCUT2D eigenvalue weighted by molar-refractivity contribution is 7.10. The van der Waals surface area contributed by atoms with E-state index in [1.807, 2.05) is 6.07 Å². The van der Waals surface area contributed by atoms with Crippen molar-refractivity contribution in [3.05, 3.63) is 57.8 Å². The highest BCUT2D eigenvalue weighted by Crippen LogP contribution is 2.33. The van der Waals surface area contributed by atoms with Gasteiger partial charge in [0.05, 0.1) is 12.1 Å². The molecule has 2 unspecified atom stereocenters. The van der Waals surface area contributed by atoms with Gasteiger partial charge in [-0.1, -0.05) is 30.3 Å². The van der Waals surface area contributed by atoms with Crippen LogP contribution in [-0.4, -0.2) is 13.2 Å². The molecule has 1 aromatic carbocycles. The highest BCUT2D eigenvalue weighted by Gasteiger charge is 2.34. The summed E-state index contributed by atoms with van der Waals surface area (Å²) in [5.41, 5.74) is 2.54. The molecule has 0 saturated carbocycles. The zero-order valence-corrected chi connectivity index (χ0v) is 12.2. The number of thiophene rings is 1. The van der Waals surface area contributed by atoms with Gasteiger partial charge in [-0.3, -0.25) is 0 Å². The van der Waals surface area contributed by atoms with Gasteiger partial charge in [-0.2, -0.15) is 0 Å². The summed E-state index contributed by atoms with van der Waals surface area (Å²) in [6.07, 6.45) is 0.191. The number of ether oxygens (including phenoxy) is 1. The quantitative estimate of drug-likeness (QED) is 0.902. The summed E-state index contributed by atoms with van der Waals surface area (Å²) in [5, 5.41) is 5.80. The van der Waals surface area contributed by atoms with Crippen LogP contribution in [0.3, 0.4) is 0 Å². The number of benzene rings is 1. The van der Waals surface area contributed by atoms with Crippen molar-refractivity contribution < 1.29 is 4.74 Å². The molecule has 1 N–H and O–H groups in total. The molecule has 3 heteroatoms. The zero-order valence-electron chi connectivity index (χ0n) is 11.3. The average Bonchev–Trinajstić information content (AvgIpc) is 2.87. The number of rotatable bonds is 2. The summed E-state index contributed by atoms with van der Waals surface area (Å²) in [6.45, 7) is 5.94. The number of aryl methyl sites for hydroxylation is 1. The first-order valence-electron chi connectivity index (χ1n) is 6.65. The third kappa shape index (κ3) is 2.46. The molecule has 19 heavy (non-hydrogen) atoms. The van der Waals surface area contributed by atoms with Crippen molar-refractivity contribution in [2.24, 2.45) is 0 Å². The Morgan fingerprint density at radius 3 is 2.63 bits per heavy atom. The van der Waals surface area contributed by atoms with Crippen LogP contribution in [0.1, 0.15) is 29.0 Å². The lowest BCUT2D eigenvalue weighted by atomic mass is 9.91. The van der Waals surface area contributed by atoms with E-state index in [-0.39, 0.29) is 11.6 Å². The van der Waals surface area contributed by atoms with Crippen LogP contribution in [0.2, 0.25) is 0 Å². The Balaban J connectivity index is 1.75. The van der Waals surface area contributed by atoms with E-state index in [1.165, 1.54) is 16.0 Å². The molecule has 1 aliphatic heterocycles. The molecular weight excluding hydrogens is 254 g/mol. The summed E-state index contributed by atoms with van der Waals surface area (Å²) < 4.78 is 6.12. The third-order valence-electron chi connectivity index (χ3n) is 3.86. The van der Waals surface area contributed by atoms with Crippen LogP contribution < -0.4 is 5.32 Å². The molecule has 3 rings (SSSR count). The SMILES string of the molecule is Cc1ccsc1C1CNC(C)(c2ccccc2)CO1. The van der Waals surface area contributed by atoms with Crippen molar-refractivity contribution in [2.75, 3.05) is 13.2 Å². The first-order chi connectivity index (χ1) is 9.19.